The highest BCUT2D eigenvalue weighted by molar-refractivity contribution is 7.08. The van der Waals surface area contributed by atoms with E-state index in [2.05, 4.69) is 4.98 Å². The van der Waals surface area contributed by atoms with Crippen LogP contribution in [0.5, 0.6) is 0 Å². The van der Waals surface area contributed by atoms with Gasteiger partial charge < -0.3 is 10.6 Å². The summed E-state index contributed by atoms with van der Waals surface area (Å²) in [5, 5.41) is 4.06. The third-order valence-corrected chi connectivity index (χ3v) is 5.21. The molecule has 24 heavy (non-hydrogen) atoms. The number of carbonyl (C=O) groups is 2. The van der Waals surface area contributed by atoms with Gasteiger partial charge in [-0.1, -0.05) is 0 Å². The number of rotatable bonds is 4. The number of aryl methyl sites for hydroxylation is 1. The Labute approximate surface area is 145 Å². The molecule has 5 nitrogen and oxygen atoms in total. The topological polar surface area (TPSA) is 76.3 Å². The predicted molar refractivity (Wildman–Crippen MR) is 94.7 cm³/mol. The first-order chi connectivity index (χ1) is 11.5. The van der Waals surface area contributed by atoms with Gasteiger partial charge in [0.1, 0.15) is 0 Å². The molecule has 0 aliphatic carbocycles. The molecule has 1 aliphatic heterocycles. The predicted octanol–water partition coefficient (Wildman–Crippen LogP) is 2.85. The molecule has 0 saturated carbocycles. The van der Waals surface area contributed by atoms with Gasteiger partial charge in [-0.3, -0.25) is 14.6 Å². The monoisotopic (exact) mass is 343 g/mol. The maximum Gasteiger partial charge on any atom is 0.255 e. The Morgan fingerprint density at radius 3 is 2.62 bits per heavy atom. The zero-order valence-corrected chi connectivity index (χ0v) is 14.5. The van der Waals surface area contributed by atoms with E-state index in [0.29, 0.717) is 31.0 Å². The molecule has 2 N–H and O–H groups in total. The number of piperidine rings is 1. The molecule has 3 heterocycles. The van der Waals surface area contributed by atoms with Crippen molar-refractivity contribution in [2.24, 2.45) is 11.7 Å². The highest BCUT2D eigenvalue weighted by Gasteiger charge is 2.25. The van der Waals surface area contributed by atoms with Gasteiger partial charge in [-0.05, 0) is 49.3 Å². The van der Waals surface area contributed by atoms with Gasteiger partial charge in [0.15, 0.2) is 0 Å². The molecule has 2 aromatic rings. The number of nitrogens with two attached hydrogens (primary N) is 1. The van der Waals surface area contributed by atoms with Crippen LogP contribution in [0.25, 0.3) is 11.3 Å². The van der Waals surface area contributed by atoms with E-state index in [1.54, 1.807) is 11.3 Å². The van der Waals surface area contributed by atoms with Crippen molar-refractivity contribution >= 4 is 23.2 Å². The summed E-state index contributed by atoms with van der Waals surface area (Å²) >= 11 is 1.63. The molecule has 126 valence electrons. The Hall–Kier alpha value is -2.21. The summed E-state index contributed by atoms with van der Waals surface area (Å²) in [6.07, 6.45) is 2.07. The van der Waals surface area contributed by atoms with Gasteiger partial charge in [-0.2, -0.15) is 11.3 Å². The van der Waals surface area contributed by atoms with E-state index in [-0.39, 0.29) is 11.8 Å². The summed E-state index contributed by atoms with van der Waals surface area (Å²) in [7, 11) is 0. The van der Waals surface area contributed by atoms with Crippen LogP contribution in [-0.2, 0) is 4.79 Å². The quantitative estimate of drug-likeness (QED) is 0.927. The molecule has 2 aromatic heterocycles. The molecule has 1 fully saturated rings. The molecule has 1 saturated heterocycles. The van der Waals surface area contributed by atoms with Crippen LogP contribution in [-0.4, -0.2) is 34.8 Å². The number of hydrogen-bond acceptors (Lipinski definition) is 4. The molecule has 0 radical (unpaired) electrons. The Kier molecular flexibility index (Phi) is 4.94. The Balaban J connectivity index is 1.68. The van der Waals surface area contributed by atoms with Crippen molar-refractivity contribution in [3.63, 3.8) is 0 Å². The molecule has 6 heteroatoms. The lowest BCUT2D eigenvalue weighted by Gasteiger charge is -2.31. The van der Waals surface area contributed by atoms with Crippen molar-refractivity contribution < 1.29 is 9.59 Å². The van der Waals surface area contributed by atoms with Gasteiger partial charge >= 0.3 is 0 Å². The summed E-state index contributed by atoms with van der Waals surface area (Å²) in [4.78, 5) is 30.2. The fourth-order valence-electron chi connectivity index (χ4n) is 3.15. The first-order valence-electron chi connectivity index (χ1n) is 8.12. The van der Waals surface area contributed by atoms with Crippen molar-refractivity contribution in [2.75, 3.05) is 13.1 Å². The normalized spacial score (nSPS) is 15.5. The van der Waals surface area contributed by atoms with Gasteiger partial charge in [0.05, 0.1) is 17.0 Å². The molecule has 1 aliphatic rings. The number of likely N-dealkylation sites (tertiary alicyclic amines) is 1. The van der Waals surface area contributed by atoms with E-state index in [0.717, 1.165) is 29.8 Å². The molecule has 3 rings (SSSR count). The summed E-state index contributed by atoms with van der Waals surface area (Å²) in [6, 6.07) is 5.80. The maximum atomic E-state index is 12.7. The first kappa shape index (κ1) is 16.6. The average Bonchev–Trinajstić information content (AvgIpc) is 3.09. The van der Waals surface area contributed by atoms with Crippen molar-refractivity contribution in [3.05, 3.63) is 40.2 Å². The van der Waals surface area contributed by atoms with E-state index < -0.39 is 0 Å². The van der Waals surface area contributed by atoms with Crippen molar-refractivity contribution in [1.29, 1.82) is 0 Å². The minimum Gasteiger partial charge on any atom is -0.370 e. The van der Waals surface area contributed by atoms with Crippen LogP contribution in [0.3, 0.4) is 0 Å². The maximum absolute atomic E-state index is 12.7. The number of carbonyl (C=O) groups excluding carboxylic acids is 2. The van der Waals surface area contributed by atoms with Crippen LogP contribution in [0.1, 0.15) is 35.3 Å². The number of aromatic nitrogens is 1. The SMILES string of the molecule is Cc1nc(-c2ccsc2)ccc1C(=O)N1CCC(CC(N)=O)CC1. The third-order valence-electron chi connectivity index (χ3n) is 4.52. The lowest BCUT2D eigenvalue weighted by molar-refractivity contribution is -0.119. The number of primary amides is 1. The molecule has 0 unspecified atom stereocenters. The van der Waals surface area contributed by atoms with Crippen LogP contribution in [0.4, 0.5) is 0 Å². The van der Waals surface area contributed by atoms with Crippen molar-refractivity contribution in [3.8, 4) is 11.3 Å². The average molecular weight is 343 g/mol. The molecule has 0 bridgehead atoms. The lowest BCUT2D eigenvalue weighted by Crippen LogP contribution is -2.39. The minimum absolute atomic E-state index is 0.0226. The fourth-order valence-corrected chi connectivity index (χ4v) is 3.80. The largest absolute Gasteiger partial charge is 0.370 e. The molecular weight excluding hydrogens is 322 g/mol. The van der Waals surface area contributed by atoms with E-state index in [9.17, 15) is 9.59 Å². The molecule has 0 atom stereocenters. The molecular formula is C18H21N3O2S. The van der Waals surface area contributed by atoms with Crippen LogP contribution in [0, 0.1) is 12.8 Å². The number of amides is 2. The van der Waals surface area contributed by atoms with E-state index in [4.69, 9.17) is 5.73 Å². The number of pyridine rings is 1. The van der Waals surface area contributed by atoms with Crippen molar-refractivity contribution in [2.45, 2.75) is 26.2 Å². The Morgan fingerprint density at radius 1 is 1.29 bits per heavy atom. The summed E-state index contributed by atoms with van der Waals surface area (Å²) in [5.74, 6) is 0.0602. The standard InChI is InChI=1S/C18H21N3O2S/c1-12-15(2-3-16(20-12)14-6-9-24-11-14)18(23)21-7-4-13(5-8-21)10-17(19)22/h2-3,6,9,11,13H,4-5,7-8,10H2,1H3,(H2,19,22). The summed E-state index contributed by atoms with van der Waals surface area (Å²) < 4.78 is 0. The zero-order chi connectivity index (χ0) is 17.1. The van der Waals surface area contributed by atoms with Crippen molar-refractivity contribution in [1.82, 2.24) is 9.88 Å². The minimum atomic E-state index is -0.260. The van der Waals surface area contributed by atoms with Crippen LogP contribution >= 0.6 is 11.3 Å². The van der Waals surface area contributed by atoms with Gasteiger partial charge in [0.2, 0.25) is 5.91 Å². The van der Waals surface area contributed by atoms with Crippen LogP contribution in [0.15, 0.2) is 29.0 Å². The third kappa shape index (κ3) is 3.64. The zero-order valence-electron chi connectivity index (χ0n) is 13.7. The molecule has 0 spiro atoms. The number of hydrogen-bond donors (Lipinski definition) is 1. The van der Waals surface area contributed by atoms with Crippen LogP contribution < -0.4 is 5.73 Å². The highest BCUT2D eigenvalue weighted by Crippen LogP contribution is 2.24. The Morgan fingerprint density at radius 2 is 2.04 bits per heavy atom. The van der Waals surface area contributed by atoms with Gasteiger partial charge in [-0.15, -0.1) is 0 Å². The van der Waals surface area contributed by atoms with E-state index in [1.807, 2.05) is 40.8 Å². The second kappa shape index (κ2) is 7.13. The van der Waals surface area contributed by atoms with Gasteiger partial charge in [0.25, 0.3) is 5.91 Å². The van der Waals surface area contributed by atoms with Crippen LogP contribution in [0.2, 0.25) is 0 Å². The number of nitrogens with zero attached hydrogens (tertiary/aromatic N) is 2. The lowest BCUT2D eigenvalue weighted by atomic mass is 9.93. The highest BCUT2D eigenvalue weighted by atomic mass is 32.1. The van der Waals surface area contributed by atoms with E-state index >= 15 is 0 Å². The number of thiophene rings is 1. The summed E-state index contributed by atoms with van der Waals surface area (Å²) in [6.45, 7) is 3.22. The Bertz CT molecular complexity index is 735. The molecule has 0 aromatic carbocycles. The first-order valence-corrected chi connectivity index (χ1v) is 9.06. The van der Waals surface area contributed by atoms with Gasteiger partial charge in [-0.25, -0.2) is 0 Å². The fraction of sp³-hybridized carbons (Fsp3) is 0.389. The smallest absolute Gasteiger partial charge is 0.255 e. The van der Waals surface area contributed by atoms with E-state index in [1.165, 1.54) is 0 Å². The van der Waals surface area contributed by atoms with Gasteiger partial charge in [0, 0.05) is 30.5 Å². The second-order valence-electron chi connectivity index (χ2n) is 6.25. The second-order valence-corrected chi connectivity index (χ2v) is 7.03. The summed E-state index contributed by atoms with van der Waals surface area (Å²) in [5.41, 5.74) is 8.64. The molecule has 2 amide bonds.